The van der Waals surface area contributed by atoms with Crippen molar-refractivity contribution < 1.29 is 9.53 Å². The smallest absolute Gasteiger partial charge is 0.225 e. The van der Waals surface area contributed by atoms with Crippen LogP contribution >= 0.6 is 0 Å². The minimum atomic E-state index is 0.178. The van der Waals surface area contributed by atoms with E-state index in [0.29, 0.717) is 24.4 Å². The molecular weight excluding hydrogens is 214 g/mol. The van der Waals surface area contributed by atoms with E-state index in [9.17, 15) is 4.79 Å². The molecule has 3 nitrogen and oxygen atoms in total. The lowest BCUT2D eigenvalue weighted by Crippen LogP contribution is -2.48. The molecule has 2 rings (SSSR count). The van der Waals surface area contributed by atoms with Gasteiger partial charge in [0.05, 0.1) is 12.5 Å². The molecule has 98 valence electrons. The predicted octanol–water partition coefficient (Wildman–Crippen LogP) is 2.74. The third-order valence-corrected chi connectivity index (χ3v) is 4.16. The van der Waals surface area contributed by atoms with Gasteiger partial charge in [-0.3, -0.25) is 4.79 Å². The third-order valence-electron chi connectivity index (χ3n) is 4.16. The van der Waals surface area contributed by atoms with Gasteiger partial charge in [0.1, 0.15) is 0 Å². The van der Waals surface area contributed by atoms with E-state index >= 15 is 0 Å². The first kappa shape index (κ1) is 12.9. The average Bonchev–Trinajstić information content (AvgIpc) is 2.30. The molecule has 17 heavy (non-hydrogen) atoms. The SMILES string of the molecule is CC1CCCC(C)N1C(=O)CC1CCCCO1. The van der Waals surface area contributed by atoms with Gasteiger partial charge in [-0.15, -0.1) is 0 Å². The molecule has 0 spiro atoms. The normalized spacial score (nSPS) is 34.7. The van der Waals surface area contributed by atoms with Gasteiger partial charge >= 0.3 is 0 Å². The van der Waals surface area contributed by atoms with Gasteiger partial charge in [0.25, 0.3) is 0 Å². The second kappa shape index (κ2) is 5.85. The largest absolute Gasteiger partial charge is 0.378 e. The fraction of sp³-hybridized carbons (Fsp3) is 0.929. The summed E-state index contributed by atoms with van der Waals surface area (Å²) in [5.74, 6) is 0.302. The Hall–Kier alpha value is -0.570. The molecule has 2 fully saturated rings. The molecule has 0 aromatic rings. The maximum absolute atomic E-state index is 12.3. The van der Waals surface area contributed by atoms with Crippen LogP contribution in [0.2, 0.25) is 0 Å². The van der Waals surface area contributed by atoms with Crippen molar-refractivity contribution in [1.29, 1.82) is 0 Å². The maximum Gasteiger partial charge on any atom is 0.225 e. The van der Waals surface area contributed by atoms with Crippen LogP contribution in [0.5, 0.6) is 0 Å². The number of carbonyl (C=O) groups is 1. The van der Waals surface area contributed by atoms with Crippen molar-refractivity contribution in [2.45, 2.75) is 77.0 Å². The highest BCUT2D eigenvalue weighted by atomic mass is 16.5. The van der Waals surface area contributed by atoms with Crippen LogP contribution in [0, 0.1) is 0 Å². The molecule has 2 heterocycles. The van der Waals surface area contributed by atoms with Gasteiger partial charge in [0.2, 0.25) is 5.91 Å². The van der Waals surface area contributed by atoms with Gasteiger partial charge in [-0.25, -0.2) is 0 Å². The van der Waals surface area contributed by atoms with Crippen molar-refractivity contribution in [3.63, 3.8) is 0 Å². The summed E-state index contributed by atoms with van der Waals surface area (Å²) in [6.45, 7) is 5.19. The molecular formula is C14H25NO2. The van der Waals surface area contributed by atoms with Crippen molar-refractivity contribution in [2.24, 2.45) is 0 Å². The summed E-state index contributed by atoms with van der Waals surface area (Å²) in [6.07, 6.45) is 7.76. The number of hydrogen-bond acceptors (Lipinski definition) is 2. The van der Waals surface area contributed by atoms with Crippen LogP contribution in [-0.4, -0.2) is 35.6 Å². The molecule has 0 aromatic heterocycles. The minimum Gasteiger partial charge on any atom is -0.378 e. The average molecular weight is 239 g/mol. The Morgan fingerprint density at radius 1 is 1.12 bits per heavy atom. The van der Waals surface area contributed by atoms with Crippen LogP contribution in [0.4, 0.5) is 0 Å². The van der Waals surface area contributed by atoms with Crippen LogP contribution < -0.4 is 0 Å². The lowest BCUT2D eigenvalue weighted by molar-refractivity contribution is -0.141. The number of carbonyl (C=O) groups excluding carboxylic acids is 1. The van der Waals surface area contributed by atoms with Gasteiger partial charge in [-0.2, -0.15) is 0 Å². The Morgan fingerprint density at radius 2 is 1.82 bits per heavy atom. The zero-order valence-corrected chi connectivity index (χ0v) is 11.2. The molecule has 2 aliphatic heterocycles. The number of amides is 1. The molecule has 0 saturated carbocycles. The first-order valence-electron chi connectivity index (χ1n) is 7.11. The van der Waals surface area contributed by atoms with E-state index < -0.39 is 0 Å². The third kappa shape index (κ3) is 3.21. The Labute approximate surface area is 105 Å². The molecule has 0 radical (unpaired) electrons. The molecule has 0 bridgehead atoms. The van der Waals surface area contributed by atoms with Gasteiger partial charge in [0, 0.05) is 18.7 Å². The monoisotopic (exact) mass is 239 g/mol. The van der Waals surface area contributed by atoms with E-state index in [1.165, 1.54) is 12.8 Å². The number of ether oxygens (including phenoxy) is 1. The molecule has 3 heteroatoms. The Morgan fingerprint density at radius 3 is 2.41 bits per heavy atom. The molecule has 3 unspecified atom stereocenters. The first-order valence-corrected chi connectivity index (χ1v) is 7.11. The topological polar surface area (TPSA) is 29.5 Å². The van der Waals surface area contributed by atoms with Crippen LogP contribution in [0.1, 0.15) is 58.8 Å². The zero-order chi connectivity index (χ0) is 12.3. The van der Waals surface area contributed by atoms with Gasteiger partial charge < -0.3 is 9.64 Å². The second-order valence-corrected chi connectivity index (χ2v) is 5.62. The summed E-state index contributed by atoms with van der Waals surface area (Å²) in [5, 5.41) is 0. The van der Waals surface area contributed by atoms with Crippen molar-refractivity contribution in [2.75, 3.05) is 6.61 Å². The zero-order valence-electron chi connectivity index (χ0n) is 11.2. The van der Waals surface area contributed by atoms with E-state index in [4.69, 9.17) is 4.74 Å². The fourth-order valence-electron chi connectivity index (χ4n) is 3.18. The highest BCUT2D eigenvalue weighted by molar-refractivity contribution is 5.77. The van der Waals surface area contributed by atoms with Crippen LogP contribution in [-0.2, 0) is 9.53 Å². The predicted molar refractivity (Wildman–Crippen MR) is 67.8 cm³/mol. The van der Waals surface area contributed by atoms with E-state index in [1.807, 2.05) is 0 Å². The standard InChI is InChI=1S/C14H25NO2/c1-11-6-5-7-12(2)15(11)14(16)10-13-8-3-4-9-17-13/h11-13H,3-10H2,1-2H3. The lowest BCUT2D eigenvalue weighted by Gasteiger charge is -2.40. The lowest BCUT2D eigenvalue weighted by atomic mass is 9.96. The summed E-state index contributed by atoms with van der Waals surface area (Å²) in [4.78, 5) is 14.4. The Bertz CT molecular complexity index is 251. The summed E-state index contributed by atoms with van der Waals surface area (Å²) in [7, 11) is 0. The fourth-order valence-corrected chi connectivity index (χ4v) is 3.18. The molecule has 2 aliphatic rings. The summed E-state index contributed by atoms with van der Waals surface area (Å²) >= 11 is 0. The molecule has 3 atom stereocenters. The quantitative estimate of drug-likeness (QED) is 0.741. The number of likely N-dealkylation sites (tertiary alicyclic amines) is 1. The van der Waals surface area contributed by atoms with E-state index in [0.717, 1.165) is 32.3 Å². The maximum atomic E-state index is 12.3. The molecule has 0 aromatic carbocycles. The molecule has 0 aliphatic carbocycles. The highest BCUT2D eigenvalue weighted by Gasteiger charge is 2.30. The van der Waals surface area contributed by atoms with Crippen molar-refractivity contribution >= 4 is 5.91 Å². The van der Waals surface area contributed by atoms with Gasteiger partial charge in [0.15, 0.2) is 0 Å². The van der Waals surface area contributed by atoms with Crippen molar-refractivity contribution in [1.82, 2.24) is 4.90 Å². The van der Waals surface area contributed by atoms with Crippen LogP contribution in [0.25, 0.3) is 0 Å². The highest BCUT2D eigenvalue weighted by Crippen LogP contribution is 2.25. The van der Waals surface area contributed by atoms with E-state index in [2.05, 4.69) is 18.7 Å². The van der Waals surface area contributed by atoms with Crippen molar-refractivity contribution in [3.05, 3.63) is 0 Å². The number of rotatable bonds is 2. The summed E-state index contributed by atoms with van der Waals surface area (Å²) in [6, 6.07) is 0.824. The summed E-state index contributed by atoms with van der Waals surface area (Å²) in [5.41, 5.74) is 0. The van der Waals surface area contributed by atoms with Gasteiger partial charge in [-0.1, -0.05) is 0 Å². The minimum absolute atomic E-state index is 0.178. The Kier molecular flexibility index (Phi) is 4.43. The second-order valence-electron chi connectivity index (χ2n) is 5.62. The van der Waals surface area contributed by atoms with E-state index in [1.54, 1.807) is 0 Å². The summed E-state index contributed by atoms with van der Waals surface area (Å²) < 4.78 is 5.66. The Balaban J connectivity index is 1.88. The molecule has 2 saturated heterocycles. The molecule has 1 amide bonds. The first-order chi connectivity index (χ1) is 8.18. The number of nitrogens with zero attached hydrogens (tertiary/aromatic N) is 1. The van der Waals surface area contributed by atoms with Crippen molar-refractivity contribution in [3.8, 4) is 0 Å². The van der Waals surface area contributed by atoms with Crippen LogP contribution in [0.15, 0.2) is 0 Å². The number of hydrogen-bond donors (Lipinski definition) is 0. The van der Waals surface area contributed by atoms with Gasteiger partial charge in [-0.05, 0) is 52.4 Å². The molecule has 0 N–H and O–H groups in total. The van der Waals surface area contributed by atoms with E-state index in [-0.39, 0.29) is 6.10 Å². The van der Waals surface area contributed by atoms with Crippen LogP contribution in [0.3, 0.4) is 0 Å². The number of piperidine rings is 1.